The molecule has 0 saturated carbocycles. The fraction of sp³-hybridized carbons (Fsp3) is 0.0769. The number of anilines is 1. The molecule has 0 aliphatic heterocycles. The minimum atomic E-state index is -0.604. The molecule has 0 saturated heterocycles. The maximum Gasteiger partial charge on any atom is 0.311 e. The summed E-state index contributed by atoms with van der Waals surface area (Å²) in [6.07, 6.45) is 0. The van der Waals surface area contributed by atoms with Crippen LogP contribution < -0.4 is 10.1 Å². The van der Waals surface area contributed by atoms with E-state index < -0.39 is 10.8 Å². The van der Waals surface area contributed by atoms with Crippen molar-refractivity contribution < 1.29 is 14.5 Å². The van der Waals surface area contributed by atoms with Crippen LogP contribution in [-0.4, -0.2) is 22.9 Å². The molecule has 0 unspecified atom stereocenters. The minimum absolute atomic E-state index is 0.0946. The second kappa shape index (κ2) is 6.31. The van der Waals surface area contributed by atoms with Gasteiger partial charge in [0.25, 0.3) is 5.91 Å². The Morgan fingerprint density at radius 2 is 2.14 bits per heavy atom. The van der Waals surface area contributed by atoms with Gasteiger partial charge in [0.1, 0.15) is 10.4 Å². The molecule has 108 valence electrons. The molecule has 7 nitrogen and oxygen atoms in total. The van der Waals surface area contributed by atoms with Gasteiger partial charge in [-0.1, -0.05) is 6.07 Å². The summed E-state index contributed by atoms with van der Waals surface area (Å²) in [5.74, 6) is -0.0590. The van der Waals surface area contributed by atoms with Gasteiger partial charge in [-0.05, 0) is 40.2 Å². The Bertz CT molecular complexity index is 706. The monoisotopic (exact) mass is 351 g/mol. The number of amides is 1. The van der Waals surface area contributed by atoms with Gasteiger partial charge >= 0.3 is 5.69 Å². The zero-order valence-electron chi connectivity index (χ0n) is 10.9. The van der Waals surface area contributed by atoms with E-state index in [0.29, 0.717) is 10.4 Å². The molecule has 1 aromatic carbocycles. The molecule has 0 fully saturated rings. The van der Waals surface area contributed by atoms with Crippen LogP contribution in [0.25, 0.3) is 0 Å². The van der Waals surface area contributed by atoms with Crippen LogP contribution >= 0.6 is 15.9 Å². The quantitative estimate of drug-likeness (QED) is 0.519. The third-order valence-electron chi connectivity index (χ3n) is 2.59. The summed E-state index contributed by atoms with van der Waals surface area (Å²) in [6.45, 7) is 0. The van der Waals surface area contributed by atoms with Crippen LogP contribution in [0.4, 0.5) is 11.5 Å². The number of ether oxygens (including phenoxy) is 1. The number of benzene rings is 1. The summed E-state index contributed by atoms with van der Waals surface area (Å²) < 4.78 is 5.45. The number of carbonyl (C=O) groups excluding carboxylic acids is 1. The van der Waals surface area contributed by atoms with Crippen molar-refractivity contribution >= 4 is 33.3 Å². The number of nitrogens with zero attached hydrogens (tertiary/aromatic N) is 2. The Balaban J connectivity index is 2.27. The van der Waals surface area contributed by atoms with Crippen LogP contribution in [0.15, 0.2) is 41.0 Å². The molecule has 8 heteroatoms. The first-order valence-electron chi connectivity index (χ1n) is 5.77. The molecule has 0 spiro atoms. The summed E-state index contributed by atoms with van der Waals surface area (Å²) in [5.41, 5.74) is -0.128. The van der Waals surface area contributed by atoms with Crippen molar-refractivity contribution in [2.45, 2.75) is 0 Å². The predicted molar refractivity (Wildman–Crippen MR) is 79.5 cm³/mol. The molecule has 1 heterocycles. The van der Waals surface area contributed by atoms with Crippen LogP contribution in [0.2, 0.25) is 0 Å². The maximum absolute atomic E-state index is 12.1. The molecule has 0 bridgehead atoms. The second-order valence-corrected chi connectivity index (χ2v) is 4.76. The highest BCUT2D eigenvalue weighted by Crippen LogP contribution is 2.27. The van der Waals surface area contributed by atoms with Gasteiger partial charge in [-0.2, -0.15) is 0 Å². The number of pyridine rings is 1. The van der Waals surface area contributed by atoms with E-state index in [-0.39, 0.29) is 17.0 Å². The fourth-order valence-corrected chi connectivity index (χ4v) is 1.98. The topological polar surface area (TPSA) is 94.4 Å². The fourth-order valence-electron chi connectivity index (χ4n) is 1.64. The number of nitro groups is 1. The molecule has 1 aromatic heterocycles. The first-order valence-corrected chi connectivity index (χ1v) is 6.57. The lowest BCUT2D eigenvalue weighted by Gasteiger charge is -2.06. The zero-order chi connectivity index (χ0) is 15.4. The number of nitrogens with one attached hydrogen (secondary N) is 1. The van der Waals surface area contributed by atoms with E-state index in [0.717, 1.165) is 6.07 Å². The van der Waals surface area contributed by atoms with Crippen molar-refractivity contribution in [2.75, 3.05) is 12.4 Å². The van der Waals surface area contributed by atoms with Crippen LogP contribution in [-0.2, 0) is 0 Å². The van der Waals surface area contributed by atoms with Gasteiger partial charge < -0.3 is 10.1 Å². The average Bonchev–Trinajstić information content (AvgIpc) is 2.46. The molecule has 2 rings (SSSR count). The van der Waals surface area contributed by atoms with Crippen molar-refractivity contribution in [3.05, 3.63) is 56.7 Å². The Morgan fingerprint density at radius 1 is 1.38 bits per heavy atom. The Morgan fingerprint density at radius 3 is 2.76 bits per heavy atom. The summed E-state index contributed by atoms with van der Waals surface area (Å²) in [7, 11) is 1.33. The highest BCUT2D eigenvalue weighted by molar-refractivity contribution is 9.10. The van der Waals surface area contributed by atoms with Gasteiger partial charge in [0, 0.05) is 11.6 Å². The second-order valence-electron chi connectivity index (χ2n) is 3.94. The third kappa shape index (κ3) is 3.54. The molecule has 0 atom stereocenters. The van der Waals surface area contributed by atoms with Crippen LogP contribution in [0.3, 0.4) is 0 Å². The number of hydrogen-bond acceptors (Lipinski definition) is 5. The first kappa shape index (κ1) is 14.9. The van der Waals surface area contributed by atoms with Crippen LogP contribution in [0, 0.1) is 10.1 Å². The zero-order valence-corrected chi connectivity index (χ0v) is 12.5. The van der Waals surface area contributed by atoms with Crippen LogP contribution in [0.1, 0.15) is 10.4 Å². The van der Waals surface area contributed by atoms with Crippen molar-refractivity contribution in [1.29, 1.82) is 0 Å². The van der Waals surface area contributed by atoms with E-state index in [9.17, 15) is 14.9 Å². The number of carbonyl (C=O) groups is 1. The molecule has 1 amide bonds. The van der Waals surface area contributed by atoms with Crippen molar-refractivity contribution in [2.24, 2.45) is 0 Å². The number of rotatable bonds is 4. The molecule has 0 aliphatic rings. The minimum Gasteiger partial charge on any atom is -0.490 e. The van der Waals surface area contributed by atoms with E-state index in [2.05, 4.69) is 26.2 Å². The van der Waals surface area contributed by atoms with E-state index in [1.165, 1.54) is 19.2 Å². The molecule has 0 radical (unpaired) electrons. The highest BCUT2D eigenvalue weighted by atomic mass is 79.9. The van der Waals surface area contributed by atoms with Gasteiger partial charge in [-0.3, -0.25) is 14.9 Å². The highest BCUT2D eigenvalue weighted by Gasteiger charge is 2.18. The molecule has 0 aliphatic carbocycles. The number of methoxy groups -OCH3 is 1. The average molecular weight is 352 g/mol. The van der Waals surface area contributed by atoms with Crippen LogP contribution in [0.5, 0.6) is 5.75 Å². The first-order chi connectivity index (χ1) is 10.0. The number of halogens is 1. The lowest BCUT2D eigenvalue weighted by atomic mass is 10.1. The Labute approximate surface area is 128 Å². The summed E-state index contributed by atoms with van der Waals surface area (Å²) in [4.78, 5) is 26.5. The predicted octanol–water partition coefficient (Wildman–Crippen LogP) is 3.01. The van der Waals surface area contributed by atoms with Gasteiger partial charge in [-0.25, -0.2) is 4.98 Å². The van der Waals surface area contributed by atoms with E-state index in [1.807, 2.05) is 0 Å². The van der Waals surface area contributed by atoms with Gasteiger partial charge in [0.05, 0.1) is 12.0 Å². The Kier molecular flexibility index (Phi) is 4.49. The van der Waals surface area contributed by atoms with Gasteiger partial charge in [0.2, 0.25) is 0 Å². The molecule has 2 aromatic rings. The Hall–Kier alpha value is -2.48. The normalized spacial score (nSPS) is 10.0. The summed E-state index contributed by atoms with van der Waals surface area (Å²) in [5, 5.41) is 13.5. The number of hydrogen-bond donors (Lipinski definition) is 1. The SMILES string of the molecule is COc1ccc(C(=O)Nc2cccc(Br)n2)cc1[N+](=O)[O-]. The van der Waals surface area contributed by atoms with Gasteiger partial charge in [-0.15, -0.1) is 0 Å². The van der Waals surface area contributed by atoms with Crippen molar-refractivity contribution in [1.82, 2.24) is 4.98 Å². The summed E-state index contributed by atoms with van der Waals surface area (Å²) in [6, 6.07) is 9.02. The lowest BCUT2D eigenvalue weighted by Crippen LogP contribution is -2.13. The number of nitro benzene ring substituents is 1. The third-order valence-corrected chi connectivity index (χ3v) is 3.04. The van der Waals surface area contributed by atoms with E-state index >= 15 is 0 Å². The van der Waals surface area contributed by atoms with Crippen molar-refractivity contribution in [3.8, 4) is 5.75 Å². The molecular formula is C13H10BrN3O4. The largest absolute Gasteiger partial charge is 0.490 e. The standard InChI is InChI=1S/C13H10BrN3O4/c1-21-10-6-5-8(7-9(10)17(19)20)13(18)16-12-4-2-3-11(14)15-12/h2-7H,1H3,(H,15,16,18). The number of aromatic nitrogens is 1. The molecule has 1 N–H and O–H groups in total. The van der Waals surface area contributed by atoms with E-state index in [4.69, 9.17) is 4.74 Å². The summed E-state index contributed by atoms with van der Waals surface area (Å²) >= 11 is 3.19. The smallest absolute Gasteiger partial charge is 0.311 e. The van der Waals surface area contributed by atoms with E-state index in [1.54, 1.807) is 18.2 Å². The maximum atomic E-state index is 12.1. The molecule has 21 heavy (non-hydrogen) atoms. The molecular weight excluding hydrogens is 342 g/mol. The lowest BCUT2D eigenvalue weighted by molar-refractivity contribution is -0.385. The van der Waals surface area contributed by atoms with Crippen molar-refractivity contribution in [3.63, 3.8) is 0 Å². The van der Waals surface area contributed by atoms with Gasteiger partial charge in [0.15, 0.2) is 5.75 Å².